The van der Waals surface area contributed by atoms with Crippen molar-refractivity contribution in [2.24, 2.45) is 13.0 Å². The Balaban J connectivity index is 2.82. The molecule has 1 rings (SSSR count). The Kier molecular flexibility index (Phi) is 5.07. The lowest BCUT2D eigenvalue weighted by molar-refractivity contribution is -0.139. The summed E-state index contributed by atoms with van der Waals surface area (Å²) in [6.45, 7) is 3.82. The van der Waals surface area contributed by atoms with E-state index in [0.717, 1.165) is 0 Å². The Morgan fingerprint density at radius 1 is 1.53 bits per heavy atom. The maximum atomic E-state index is 11.8. The van der Waals surface area contributed by atoms with E-state index in [0.29, 0.717) is 12.0 Å². The quantitative estimate of drug-likeness (QED) is 0.761. The van der Waals surface area contributed by atoms with Gasteiger partial charge in [-0.2, -0.15) is 9.82 Å². The molecule has 108 valence electrons. The van der Waals surface area contributed by atoms with Crippen LogP contribution in [0.1, 0.15) is 31.9 Å². The van der Waals surface area contributed by atoms with Crippen molar-refractivity contribution in [3.63, 3.8) is 0 Å². The van der Waals surface area contributed by atoms with Gasteiger partial charge in [-0.3, -0.25) is 9.48 Å². The van der Waals surface area contributed by atoms with Gasteiger partial charge in [-0.05, 0) is 12.3 Å². The van der Waals surface area contributed by atoms with Gasteiger partial charge in [0.1, 0.15) is 6.04 Å². The summed E-state index contributed by atoms with van der Waals surface area (Å²) in [6.07, 6.45) is 3.29. The number of nitrogens with one attached hydrogen (secondary N) is 1. The first-order chi connectivity index (χ1) is 8.71. The van der Waals surface area contributed by atoms with E-state index in [1.807, 2.05) is 13.8 Å². The SMILES string of the molecule is CC(C)CCS(=O)(=O)NC(C(=O)O)c1cnn(C)c1. The molecule has 0 aliphatic carbocycles. The summed E-state index contributed by atoms with van der Waals surface area (Å²) in [6, 6.07) is -1.30. The van der Waals surface area contributed by atoms with Gasteiger partial charge < -0.3 is 5.11 Å². The highest BCUT2D eigenvalue weighted by molar-refractivity contribution is 7.89. The molecule has 0 aromatic carbocycles. The molecule has 8 heteroatoms. The molecule has 0 aliphatic rings. The average molecular weight is 289 g/mol. The van der Waals surface area contributed by atoms with Crippen molar-refractivity contribution in [3.8, 4) is 0 Å². The van der Waals surface area contributed by atoms with Crippen LogP contribution in [0.2, 0.25) is 0 Å². The summed E-state index contributed by atoms with van der Waals surface area (Å²) in [7, 11) is -1.99. The molecule has 0 amide bonds. The summed E-state index contributed by atoms with van der Waals surface area (Å²) in [5.41, 5.74) is 0.308. The van der Waals surface area contributed by atoms with E-state index in [2.05, 4.69) is 9.82 Å². The van der Waals surface area contributed by atoms with Crippen LogP contribution < -0.4 is 4.72 Å². The number of carboxylic acid groups (broad SMARTS) is 1. The van der Waals surface area contributed by atoms with Crippen molar-refractivity contribution in [3.05, 3.63) is 18.0 Å². The third-order valence-electron chi connectivity index (χ3n) is 2.57. The largest absolute Gasteiger partial charge is 0.480 e. The highest BCUT2D eigenvalue weighted by atomic mass is 32.2. The number of nitrogens with zero attached hydrogens (tertiary/aromatic N) is 2. The molecule has 0 fully saturated rings. The minimum Gasteiger partial charge on any atom is -0.480 e. The fourth-order valence-corrected chi connectivity index (χ4v) is 2.98. The van der Waals surface area contributed by atoms with Gasteiger partial charge in [-0.1, -0.05) is 13.8 Å². The molecule has 0 radical (unpaired) electrons. The van der Waals surface area contributed by atoms with Crippen molar-refractivity contribution >= 4 is 16.0 Å². The first kappa shape index (κ1) is 15.6. The van der Waals surface area contributed by atoms with Crippen molar-refractivity contribution in [1.29, 1.82) is 0 Å². The van der Waals surface area contributed by atoms with Crippen LogP contribution in [0, 0.1) is 5.92 Å². The number of aliphatic carboxylic acids is 1. The molecule has 0 spiro atoms. The normalized spacial score (nSPS) is 13.7. The smallest absolute Gasteiger partial charge is 0.326 e. The molecule has 2 N–H and O–H groups in total. The molecule has 0 aliphatic heterocycles. The fourth-order valence-electron chi connectivity index (χ4n) is 1.48. The summed E-state index contributed by atoms with van der Waals surface area (Å²) in [5, 5.41) is 13.0. The number of hydrogen-bond donors (Lipinski definition) is 2. The van der Waals surface area contributed by atoms with Crippen LogP contribution in [-0.2, 0) is 21.9 Å². The monoisotopic (exact) mass is 289 g/mol. The third-order valence-corrected chi connectivity index (χ3v) is 3.93. The lowest BCUT2D eigenvalue weighted by atomic mass is 10.2. The summed E-state index contributed by atoms with van der Waals surface area (Å²) >= 11 is 0. The molecule has 1 aromatic heterocycles. The zero-order chi connectivity index (χ0) is 14.6. The molecule has 7 nitrogen and oxygen atoms in total. The number of carboxylic acids is 1. The van der Waals surface area contributed by atoms with Crippen molar-refractivity contribution in [2.75, 3.05) is 5.75 Å². The molecule has 0 bridgehead atoms. The molecule has 0 saturated carbocycles. The average Bonchev–Trinajstić information content (AvgIpc) is 2.70. The third kappa shape index (κ3) is 4.99. The van der Waals surface area contributed by atoms with Gasteiger partial charge >= 0.3 is 5.97 Å². The Morgan fingerprint density at radius 3 is 2.58 bits per heavy atom. The number of carbonyl (C=O) groups is 1. The molecule has 1 unspecified atom stereocenters. The van der Waals surface area contributed by atoms with E-state index in [4.69, 9.17) is 5.11 Å². The molecule has 19 heavy (non-hydrogen) atoms. The number of hydrogen-bond acceptors (Lipinski definition) is 4. The highest BCUT2D eigenvalue weighted by Gasteiger charge is 2.26. The summed E-state index contributed by atoms with van der Waals surface area (Å²) < 4.78 is 27.3. The molecule has 1 aromatic rings. The van der Waals surface area contributed by atoms with Crippen molar-refractivity contribution in [1.82, 2.24) is 14.5 Å². The van der Waals surface area contributed by atoms with Gasteiger partial charge in [-0.15, -0.1) is 0 Å². The first-order valence-electron chi connectivity index (χ1n) is 5.92. The van der Waals surface area contributed by atoms with Crippen LogP contribution in [0.3, 0.4) is 0 Å². The summed E-state index contributed by atoms with van der Waals surface area (Å²) in [4.78, 5) is 11.2. The van der Waals surface area contributed by atoms with Gasteiger partial charge in [0, 0.05) is 18.8 Å². The van der Waals surface area contributed by atoms with Gasteiger partial charge in [0.2, 0.25) is 10.0 Å². The van der Waals surface area contributed by atoms with Crippen LogP contribution in [0.25, 0.3) is 0 Å². The second kappa shape index (κ2) is 6.16. The van der Waals surface area contributed by atoms with Crippen LogP contribution in [0.4, 0.5) is 0 Å². The van der Waals surface area contributed by atoms with Crippen molar-refractivity contribution in [2.45, 2.75) is 26.3 Å². The van der Waals surface area contributed by atoms with Crippen molar-refractivity contribution < 1.29 is 18.3 Å². The Morgan fingerprint density at radius 2 is 2.16 bits per heavy atom. The Hall–Kier alpha value is -1.41. The second-order valence-corrected chi connectivity index (χ2v) is 6.71. The lowest BCUT2D eigenvalue weighted by Gasteiger charge is -2.14. The Bertz CT molecular complexity index is 536. The Labute approximate surface area is 112 Å². The van der Waals surface area contributed by atoms with E-state index in [1.165, 1.54) is 17.1 Å². The van der Waals surface area contributed by atoms with Crippen LogP contribution in [0.15, 0.2) is 12.4 Å². The van der Waals surface area contributed by atoms with E-state index >= 15 is 0 Å². The topological polar surface area (TPSA) is 101 Å². The van der Waals surface area contributed by atoms with Gasteiger partial charge in [0.15, 0.2) is 0 Å². The molecular formula is C11H19N3O4S. The van der Waals surface area contributed by atoms with E-state index < -0.39 is 22.0 Å². The second-order valence-electron chi connectivity index (χ2n) is 4.84. The van der Waals surface area contributed by atoms with Gasteiger partial charge in [-0.25, -0.2) is 8.42 Å². The molecule has 1 heterocycles. The highest BCUT2D eigenvalue weighted by Crippen LogP contribution is 2.14. The van der Waals surface area contributed by atoms with Crippen LogP contribution >= 0.6 is 0 Å². The summed E-state index contributed by atoms with van der Waals surface area (Å²) in [5.74, 6) is -1.10. The maximum Gasteiger partial charge on any atom is 0.326 e. The predicted octanol–water partition coefficient (Wildman–Crippen LogP) is 0.511. The molecule has 0 saturated heterocycles. The number of rotatable bonds is 7. The van der Waals surface area contributed by atoms with Gasteiger partial charge in [0.05, 0.1) is 11.9 Å². The fraction of sp³-hybridized carbons (Fsp3) is 0.636. The number of aromatic nitrogens is 2. The molecule has 1 atom stereocenters. The number of aryl methyl sites for hydroxylation is 1. The maximum absolute atomic E-state index is 11.8. The van der Waals surface area contributed by atoms with E-state index in [9.17, 15) is 13.2 Å². The van der Waals surface area contributed by atoms with Gasteiger partial charge in [0.25, 0.3) is 0 Å². The van der Waals surface area contributed by atoms with Crippen LogP contribution in [0.5, 0.6) is 0 Å². The standard InChI is InChI=1S/C11H19N3O4S/c1-8(2)4-5-19(17,18)13-10(11(15)16)9-6-12-14(3)7-9/h6-8,10,13H,4-5H2,1-3H3,(H,15,16). The van der Waals surface area contributed by atoms with E-state index in [-0.39, 0.29) is 11.7 Å². The van der Waals surface area contributed by atoms with E-state index in [1.54, 1.807) is 7.05 Å². The number of sulfonamides is 1. The minimum absolute atomic E-state index is 0.0886. The minimum atomic E-state index is -3.63. The predicted molar refractivity (Wildman–Crippen MR) is 70.0 cm³/mol. The lowest BCUT2D eigenvalue weighted by Crippen LogP contribution is -2.35. The molecular weight excluding hydrogens is 270 g/mol. The zero-order valence-electron chi connectivity index (χ0n) is 11.2. The first-order valence-corrected chi connectivity index (χ1v) is 7.58. The van der Waals surface area contributed by atoms with Crippen LogP contribution in [-0.4, -0.2) is 35.0 Å². The zero-order valence-corrected chi connectivity index (χ0v) is 12.0.